The SMILES string of the molecule is CCCOCCOCCC1CCCCN1. The molecule has 0 aliphatic carbocycles. The summed E-state index contributed by atoms with van der Waals surface area (Å²) < 4.78 is 10.9. The van der Waals surface area contributed by atoms with Crippen molar-refractivity contribution in [3.05, 3.63) is 0 Å². The van der Waals surface area contributed by atoms with E-state index in [1.165, 1.54) is 25.8 Å². The van der Waals surface area contributed by atoms with Gasteiger partial charge in [-0.3, -0.25) is 0 Å². The molecule has 1 aliphatic rings. The number of hydrogen-bond donors (Lipinski definition) is 1. The molecule has 1 fully saturated rings. The van der Waals surface area contributed by atoms with Gasteiger partial charge in [0.05, 0.1) is 13.2 Å². The predicted octanol–water partition coefficient (Wildman–Crippen LogP) is 1.96. The van der Waals surface area contributed by atoms with Crippen LogP contribution >= 0.6 is 0 Å². The van der Waals surface area contributed by atoms with E-state index in [0.29, 0.717) is 6.04 Å². The fraction of sp³-hybridized carbons (Fsp3) is 1.00. The van der Waals surface area contributed by atoms with Gasteiger partial charge in [0, 0.05) is 19.3 Å². The van der Waals surface area contributed by atoms with E-state index in [4.69, 9.17) is 9.47 Å². The van der Waals surface area contributed by atoms with Crippen molar-refractivity contribution in [2.75, 3.05) is 33.0 Å². The summed E-state index contributed by atoms with van der Waals surface area (Å²) in [5.74, 6) is 0. The molecule has 0 aromatic heterocycles. The van der Waals surface area contributed by atoms with Gasteiger partial charge in [0.25, 0.3) is 0 Å². The first-order chi connectivity index (χ1) is 7.43. The average Bonchev–Trinajstić information content (AvgIpc) is 2.29. The smallest absolute Gasteiger partial charge is 0.0700 e. The fourth-order valence-corrected chi connectivity index (χ4v) is 1.86. The van der Waals surface area contributed by atoms with E-state index in [9.17, 15) is 0 Å². The molecular formula is C12H25NO2. The highest BCUT2D eigenvalue weighted by atomic mass is 16.5. The van der Waals surface area contributed by atoms with Crippen LogP contribution in [-0.2, 0) is 9.47 Å². The Kier molecular flexibility index (Phi) is 7.88. The Morgan fingerprint density at radius 3 is 2.53 bits per heavy atom. The van der Waals surface area contributed by atoms with Gasteiger partial charge in [-0.1, -0.05) is 13.3 Å². The van der Waals surface area contributed by atoms with Gasteiger partial charge in [0.1, 0.15) is 0 Å². The predicted molar refractivity (Wildman–Crippen MR) is 62.2 cm³/mol. The molecule has 0 spiro atoms. The van der Waals surface area contributed by atoms with Gasteiger partial charge in [-0.15, -0.1) is 0 Å². The van der Waals surface area contributed by atoms with Crippen molar-refractivity contribution in [2.24, 2.45) is 0 Å². The third-order valence-electron chi connectivity index (χ3n) is 2.74. The van der Waals surface area contributed by atoms with E-state index in [0.717, 1.165) is 39.3 Å². The second-order valence-electron chi connectivity index (χ2n) is 4.16. The van der Waals surface area contributed by atoms with Crippen molar-refractivity contribution in [1.82, 2.24) is 5.32 Å². The van der Waals surface area contributed by atoms with E-state index in [1.807, 2.05) is 0 Å². The summed E-state index contributed by atoms with van der Waals surface area (Å²) >= 11 is 0. The van der Waals surface area contributed by atoms with E-state index in [1.54, 1.807) is 0 Å². The highest BCUT2D eigenvalue weighted by molar-refractivity contribution is 4.71. The maximum atomic E-state index is 5.52. The topological polar surface area (TPSA) is 30.5 Å². The minimum Gasteiger partial charge on any atom is -0.379 e. The highest BCUT2D eigenvalue weighted by Gasteiger charge is 2.11. The summed E-state index contributed by atoms with van der Waals surface area (Å²) in [6, 6.07) is 0.690. The lowest BCUT2D eigenvalue weighted by molar-refractivity contribution is 0.0438. The molecule has 0 radical (unpaired) electrons. The third kappa shape index (κ3) is 6.88. The molecule has 15 heavy (non-hydrogen) atoms. The molecule has 1 atom stereocenters. The number of ether oxygens (including phenoxy) is 2. The highest BCUT2D eigenvalue weighted by Crippen LogP contribution is 2.09. The lowest BCUT2D eigenvalue weighted by Gasteiger charge is -2.23. The van der Waals surface area contributed by atoms with Crippen LogP contribution in [0.5, 0.6) is 0 Å². The van der Waals surface area contributed by atoms with Crippen LogP contribution in [0.25, 0.3) is 0 Å². The first-order valence-corrected chi connectivity index (χ1v) is 6.32. The molecule has 1 aliphatic heterocycles. The zero-order chi connectivity index (χ0) is 10.8. The zero-order valence-corrected chi connectivity index (χ0v) is 9.96. The van der Waals surface area contributed by atoms with Gasteiger partial charge in [0.15, 0.2) is 0 Å². The summed E-state index contributed by atoms with van der Waals surface area (Å²) in [5.41, 5.74) is 0. The lowest BCUT2D eigenvalue weighted by Crippen LogP contribution is -2.34. The Balaban J connectivity index is 1.79. The Labute approximate surface area is 93.5 Å². The van der Waals surface area contributed by atoms with Crippen molar-refractivity contribution in [3.63, 3.8) is 0 Å². The molecule has 1 unspecified atom stereocenters. The summed E-state index contributed by atoms with van der Waals surface area (Å²) in [7, 11) is 0. The van der Waals surface area contributed by atoms with E-state index >= 15 is 0 Å². The molecule has 0 amide bonds. The van der Waals surface area contributed by atoms with Crippen LogP contribution in [0.15, 0.2) is 0 Å². The van der Waals surface area contributed by atoms with Gasteiger partial charge in [-0.2, -0.15) is 0 Å². The Morgan fingerprint density at radius 1 is 1.07 bits per heavy atom. The van der Waals surface area contributed by atoms with Gasteiger partial charge < -0.3 is 14.8 Å². The lowest BCUT2D eigenvalue weighted by atomic mass is 10.0. The molecule has 1 heterocycles. The average molecular weight is 215 g/mol. The van der Waals surface area contributed by atoms with Crippen LogP contribution in [0.1, 0.15) is 39.0 Å². The van der Waals surface area contributed by atoms with Crippen molar-refractivity contribution >= 4 is 0 Å². The molecule has 1 rings (SSSR count). The molecule has 90 valence electrons. The van der Waals surface area contributed by atoms with Crippen LogP contribution < -0.4 is 5.32 Å². The zero-order valence-electron chi connectivity index (χ0n) is 9.96. The van der Waals surface area contributed by atoms with Crippen molar-refractivity contribution in [1.29, 1.82) is 0 Å². The summed E-state index contributed by atoms with van der Waals surface area (Å²) in [6.07, 6.45) is 6.26. The first kappa shape index (κ1) is 12.9. The second-order valence-corrected chi connectivity index (χ2v) is 4.16. The minimum absolute atomic E-state index is 0.690. The van der Waals surface area contributed by atoms with Crippen molar-refractivity contribution < 1.29 is 9.47 Å². The molecule has 3 nitrogen and oxygen atoms in total. The van der Waals surface area contributed by atoms with Crippen molar-refractivity contribution in [3.8, 4) is 0 Å². The molecule has 1 N–H and O–H groups in total. The van der Waals surface area contributed by atoms with Crippen molar-refractivity contribution in [2.45, 2.75) is 45.1 Å². The summed E-state index contributed by atoms with van der Waals surface area (Å²) in [4.78, 5) is 0. The molecular weight excluding hydrogens is 190 g/mol. The first-order valence-electron chi connectivity index (χ1n) is 6.32. The summed E-state index contributed by atoms with van der Waals surface area (Å²) in [5, 5.41) is 3.52. The number of piperidine rings is 1. The monoisotopic (exact) mass is 215 g/mol. The minimum atomic E-state index is 0.690. The molecule has 0 saturated carbocycles. The molecule has 0 aromatic rings. The number of rotatable bonds is 8. The van der Waals surface area contributed by atoms with E-state index in [-0.39, 0.29) is 0 Å². The number of hydrogen-bond acceptors (Lipinski definition) is 3. The molecule has 0 aromatic carbocycles. The Morgan fingerprint density at radius 2 is 1.87 bits per heavy atom. The van der Waals surface area contributed by atoms with Gasteiger partial charge in [0.2, 0.25) is 0 Å². The van der Waals surface area contributed by atoms with Gasteiger partial charge in [-0.05, 0) is 32.2 Å². The van der Waals surface area contributed by atoms with E-state index < -0.39 is 0 Å². The fourth-order valence-electron chi connectivity index (χ4n) is 1.86. The second kappa shape index (κ2) is 9.13. The summed E-state index contributed by atoms with van der Waals surface area (Å²) in [6.45, 7) is 6.51. The molecule has 1 saturated heterocycles. The molecule has 0 bridgehead atoms. The van der Waals surface area contributed by atoms with Crippen LogP contribution in [0.2, 0.25) is 0 Å². The maximum absolute atomic E-state index is 5.52. The Bertz CT molecular complexity index is 136. The van der Waals surface area contributed by atoms with E-state index in [2.05, 4.69) is 12.2 Å². The quantitative estimate of drug-likeness (QED) is 0.628. The van der Waals surface area contributed by atoms with Crippen LogP contribution in [-0.4, -0.2) is 39.0 Å². The van der Waals surface area contributed by atoms with Crippen LogP contribution in [0, 0.1) is 0 Å². The van der Waals surface area contributed by atoms with Gasteiger partial charge in [-0.25, -0.2) is 0 Å². The number of nitrogens with one attached hydrogen (secondary N) is 1. The molecule has 3 heteroatoms. The van der Waals surface area contributed by atoms with Crippen LogP contribution in [0.3, 0.4) is 0 Å². The maximum Gasteiger partial charge on any atom is 0.0700 e. The van der Waals surface area contributed by atoms with Crippen LogP contribution in [0.4, 0.5) is 0 Å². The standard InChI is InChI=1S/C12H25NO2/c1-2-8-14-10-11-15-9-6-12-5-3-4-7-13-12/h12-13H,2-11H2,1H3. The largest absolute Gasteiger partial charge is 0.379 e. The van der Waals surface area contributed by atoms with Gasteiger partial charge >= 0.3 is 0 Å². The normalized spacial score (nSPS) is 21.8. The third-order valence-corrected chi connectivity index (χ3v) is 2.74. The Hall–Kier alpha value is -0.120.